The zero-order valence-corrected chi connectivity index (χ0v) is 13.8. The molecule has 3 rings (SSSR count). The second kappa shape index (κ2) is 7.53. The van der Waals surface area contributed by atoms with Crippen molar-refractivity contribution >= 4 is 28.4 Å². The number of rotatable bonds is 6. The summed E-state index contributed by atoms with van der Waals surface area (Å²) in [4.78, 5) is 19.4. The van der Waals surface area contributed by atoms with E-state index in [4.69, 9.17) is 5.11 Å². The molecule has 0 radical (unpaired) electrons. The third kappa shape index (κ3) is 4.17. The van der Waals surface area contributed by atoms with Gasteiger partial charge in [0.25, 0.3) is 0 Å². The van der Waals surface area contributed by atoms with Crippen LogP contribution in [0.4, 0.5) is 5.82 Å². The molecule has 126 valence electrons. The minimum atomic E-state index is -0.854. The topological polar surface area (TPSA) is 87.5 Å². The Balaban J connectivity index is 1.91. The molecule has 1 aromatic heterocycles. The van der Waals surface area contributed by atoms with Crippen molar-refractivity contribution in [1.82, 2.24) is 9.97 Å². The predicted octanol–water partition coefficient (Wildman–Crippen LogP) is 3.62. The van der Waals surface area contributed by atoms with Gasteiger partial charge in [0, 0.05) is 11.8 Å². The first-order valence-electron chi connectivity index (χ1n) is 7.94. The minimum Gasteiger partial charge on any atom is -0.481 e. The quantitative estimate of drug-likeness (QED) is 0.531. The first-order chi connectivity index (χ1) is 12.1. The summed E-state index contributed by atoms with van der Waals surface area (Å²) in [6.07, 6.45) is 1.82. The Hall–Kier alpha value is -3.28. The lowest BCUT2D eigenvalue weighted by Crippen LogP contribution is -2.08. The van der Waals surface area contributed by atoms with E-state index in [0.717, 1.165) is 22.0 Å². The Morgan fingerprint density at radius 2 is 1.84 bits per heavy atom. The molecule has 0 aliphatic carbocycles. The molecular weight excluding hydrogens is 316 g/mol. The number of carboxylic acid groups (broad SMARTS) is 1. The van der Waals surface area contributed by atoms with Crippen LogP contribution >= 0.6 is 0 Å². The summed E-state index contributed by atoms with van der Waals surface area (Å²) in [5.41, 5.74) is 6.48. The molecule has 2 aromatic carbocycles. The first-order valence-corrected chi connectivity index (χ1v) is 7.94. The van der Waals surface area contributed by atoms with Gasteiger partial charge in [-0.2, -0.15) is 5.10 Å². The number of anilines is 1. The van der Waals surface area contributed by atoms with Gasteiger partial charge in [-0.25, -0.2) is 9.97 Å². The highest BCUT2D eigenvalue weighted by Crippen LogP contribution is 2.19. The number of carbonyl (C=O) groups is 1. The molecule has 6 heteroatoms. The molecule has 0 unspecified atom stereocenters. The molecule has 0 aliphatic rings. The lowest BCUT2D eigenvalue weighted by molar-refractivity contribution is -0.136. The SMILES string of the molecule is Cc1ccc(C(CCC(=O)O)=NNc2ncnc3ccccc23)cc1. The van der Waals surface area contributed by atoms with E-state index in [0.29, 0.717) is 18.0 Å². The highest BCUT2D eigenvalue weighted by Gasteiger charge is 2.08. The van der Waals surface area contributed by atoms with Crippen molar-refractivity contribution < 1.29 is 9.90 Å². The fourth-order valence-electron chi connectivity index (χ4n) is 2.45. The van der Waals surface area contributed by atoms with Gasteiger partial charge in [-0.3, -0.25) is 10.2 Å². The summed E-state index contributed by atoms with van der Waals surface area (Å²) in [6, 6.07) is 15.5. The highest BCUT2D eigenvalue weighted by molar-refractivity contribution is 6.02. The van der Waals surface area contributed by atoms with Gasteiger partial charge in [0.1, 0.15) is 6.33 Å². The van der Waals surface area contributed by atoms with E-state index >= 15 is 0 Å². The third-order valence-corrected chi connectivity index (χ3v) is 3.80. The molecule has 2 N–H and O–H groups in total. The van der Waals surface area contributed by atoms with E-state index in [1.54, 1.807) is 0 Å². The molecule has 0 bridgehead atoms. The van der Waals surface area contributed by atoms with E-state index in [2.05, 4.69) is 20.5 Å². The van der Waals surface area contributed by atoms with E-state index in [9.17, 15) is 4.79 Å². The van der Waals surface area contributed by atoms with Crippen molar-refractivity contribution in [2.75, 3.05) is 5.43 Å². The zero-order valence-electron chi connectivity index (χ0n) is 13.8. The van der Waals surface area contributed by atoms with Crippen LogP contribution in [0.2, 0.25) is 0 Å². The maximum atomic E-state index is 10.9. The van der Waals surface area contributed by atoms with Crippen molar-refractivity contribution in [3.05, 3.63) is 66.0 Å². The second-order valence-corrected chi connectivity index (χ2v) is 5.67. The number of nitrogens with one attached hydrogen (secondary N) is 1. The van der Waals surface area contributed by atoms with Crippen molar-refractivity contribution in [3.8, 4) is 0 Å². The Kier molecular flexibility index (Phi) is 4.99. The number of nitrogens with zero attached hydrogens (tertiary/aromatic N) is 3. The maximum Gasteiger partial charge on any atom is 0.303 e. The summed E-state index contributed by atoms with van der Waals surface area (Å²) in [6.45, 7) is 2.00. The van der Waals surface area contributed by atoms with Gasteiger partial charge in [0.2, 0.25) is 0 Å². The fraction of sp³-hybridized carbons (Fsp3) is 0.158. The Labute approximate surface area is 145 Å². The van der Waals surface area contributed by atoms with Gasteiger partial charge < -0.3 is 5.11 Å². The molecule has 3 aromatic rings. The number of para-hydroxylation sites is 1. The summed E-state index contributed by atoms with van der Waals surface area (Å²) >= 11 is 0. The Morgan fingerprint density at radius 1 is 1.08 bits per heavy atom. The molecule has 0 spiro atoms. The zero-order chi connectivity index (χ0) is 17.6. The van der Waals surface area contributed by atoms with Crippen LogP contribution in [0.3, 0.4) is 0 Å². The van der Waals surface area contributed by atoms with Crippen molar-refractivity contribution in [2.45, 2.75) is 19.8 Å². The van der Waals surface area contributed by atoms with Gasteiger partial charge in [-0.15, -0.1) is 0 Å². The number of aliphatic carboxylic acids is 1. The van der Waals surface area contributed by atoms with Crippen molar-refractivity contribution in [3.63, 3.8) is 0 Å². The number of aryl methyl sites for hydroxylation is 1. The van der Waals surface area contributed by atoms with Gasteiger partial charge in [0.15, 0.2) is 5.82 Å². The third-order valence-electron chi connectivity index (χ3n) is 3.80. The number of carboxylic acids is 1. The Bertz CT molecular complexity index is 915. The first kappa shape index (κ1) is 16.6. The standard InChI is InChI=1S/C19H18N4O2/c1-13-6-8-14(9-7-13)16(10-11-18(24)25)22-23-19-15-4-2-3-5-17(15)20-12-21-19/h2-9,12H,10-11H2,1H3,(H,24,25)(H,20,21,23). The van der Waals surface area contributed by atoms with Crippen LogP contribution in [-0.4, -0.2) is 26.8 Å². The number of aromatic nitrogens is 2. The average molecular weight is 334 g/mol. The smallest absolute Gasteiger partial charge is 0.303 e. The molecule has 0 aliphatic heterocycles. The molecule has 1 heterocycles. The molecule has 0 saturated carbocycles. The van der Waals surface area contributed by atoms with Gasteiger partial charge >= 0.3 is 5.97 Å². The molecule has 0 atom stereocenters. The van der Waals surface area contributed by atoms with Gasteiger partial charge in [-0.05, 0) is 24.6 Å². The van der Waals surface area contributed by atoms with Crippen LogP contribution in [0, 0.1) is 6.92 Å². The summed E-state index contributed by atoms with van der Waals surface area (Å²) in [5, 5.41) is 14.3. The largest absolute Gasteiger partial charge is 0.481 e. The second-order valence-electron chi connectivity index (χ2n) is 5.67. The van der Waals surface area contributed by atoms with Crippen LogP contribution in [0.1, 0.15) is 24.0 Å². The van der Waals surface area contributed by atoms with Crippen LogP contribution in [0.15, 0.2) is 60.0 Å². The van der Waals surface area contributed by atoms with Crippen molar-refractivity contribution in [2.24, 2.45) is 5.10 Å². The van der Waals surface area contributed by atoms with E-state index in [-0.39, 0.29) is 6.42 Å². The van der Waals surface area contributed by atoms with E-state index in [1.165, 1.54) is 6.33 Å². The predicted molar refractivity (Wildman–Crippen MR) is 97.7 cm³/mol. The number of benzene rings is 2. The lowest BCUT2D eigenvalue weighted by atomic mass is 10.0. The lowest BCUT2D eigenvalue weighted by Gasteiger charge is -2.08. The van der Waals surface area contributed by atoms with Crippen LogP contribution in [0.5, 0.6) is 0 Å². The summed E-state index contributed by atoms with van der Waals surface area (Å²) in [7, 11) is 0. The van der Waals surface area contributed by atoms with E-state index < -0.39 is 5.97 Å². The number of fused-ring (bicyclic) bond motifs is 1. The molecule has 0 amide bonds. The fourth-order valence-corrected chi connectivity index (χ4v) is 2.45. The highest BCUT2D eigenvalue weighted by atomic mass is 16.4. The number of hydrogen-bond acceptors (Lipinski definition) is 5. The Morgan fingerprint density at radius 3 is 2.60 bits per heavy atom. The molecule has 25 heavy (non-hydrogen) atoms. The summed E-state index contributed by atoms with van der Waals surface area (Å²) < 4.78 is 0. The van der Waals surface area contributed by atoms with Crippen LogP contribution < -0.4 is 5.43 Å². The van der Waals surface area contributed by atoms with Crippen molar-refractivity contribution in [1.29, 1.82) is 0 Å². The van der Waals surface area contributed by atoms with Crippen LogP contribution in [0.25, 0.3) is 10.9 Å². The molecule has 0 saturated heterocycles. The average Bonchev–Trinajstić information content (AvgIpc) is 2.62. The van der Waals surface area contributed by atoms with Gasteiger partial charge in [0.05, 0.1) is 17.6 Å². The minimum absolute atomic E-state index is 0.0128. The normalized spacial score (nSPS) is 11.5. The van der Waals surface area contributed by atoms with Gasteiger partial charge in [-0.1, -0.05) is 42.0 Å². The summed E-state index contributed by atoms with van der Waals surface area (Å²) in [5.74, 6) is -0.266. The monoisotopic (exact) mass is 334 g/mol. The number of hydrazone groups is 1. The van der Waals surface area contributed by atoms with Crippen LogP contribution in [-0.2, 0) is 4.79 Å². The maximum absolute atomic E-state index is 10.9. The molecular formula is C19H18N4O2. The molecule has 0 fully saturated rings. The molecule has 6 nitrogen and oxygen atoms in total. The number of hydrogen-bond donors (Lipinski definition) is 2. The van der Waals surface area contributed by atoms with E-state index in [1.807, 2.05) is 55.5 Å².